The zero-order valence-corrected chi connectivity index (χ0v) is 13.8. The first-order valence-electron chi connectivity index (χ1n) is 8.38. The summed E-state index contributed by atoms with van der Waals surface area (Å²) in [4.78, 5) is 18.3. The minimum Gasteiger partial charge on any atom is -0.381 e. The standard InChI is InChI=1S/C19H20F2N2O2/c20-15-2-1-3-18(11-15)23(17-6-8-25-9-7-17)19(24)5-4-14-10-16(21)13-22-12-14/h1-3,10-13,17H,4-9H2. The molecule has 0 radical (unpaired) electrons. The molecule has 2 heterocycles. The molecule has 25 heavy (non-hydrogen) atoms. The van der Waals surface area contributed by atoms with Crippen molar-refractivity contribution < 1.29 is 18.3 Å². The van der Waals surface area contributed by atoms with Crippen LogP contribution in [0.15, 0.2) is 42.7 Å². The van der Waals surface area contributed by atoms with Crippen LogP contribution in [-0.4, -0.2) is 30.1 Å². The van der Waals surface area contributed by atoms with Gasteiger partial charge < -0.3 is 9.64 Å². The maximum atomic E-state index is 13.6. The van der Waals surface area contributed by atoms with Gasteiger partial charge in [0.25, 0.3) is 0 Å². The average Bonchev–Trinajstić information content (AvgIpc) is 2.61. The van der Waals surface area contributed by atoms with Crippen LogP contribution in [0.3, 0.4) is 0 Å². The summed E-state index contributed by atoms with van der Waals surface area (Å²) in [5.41, 5.74) is 1.22. The molecule has 1 aromatic heterocycles. The number of nitrogens with zero attached hydrogens (tertiary/aromatic N) is 2. The number of hydrogen-bond acceptors (Lipinski definition) is 3. The Morgan fingerprint density at radius 3 is 2.68 bits per heavy atom. The lowest BCUT2D eigenvalue weighted by Gasteiger charge is -2.34. The Bertz CT molecular complexity index is 733. The number of ether oxygens (including phenoxy) is 1. The number of carbonyl (C=O) groups is 1. The number of amides is 1. The normalized spacial score (nSPS) is 15.1. The van der Waals surface area contributed by atoms with Crippen LogP contribution < -0.4 is 4.90 Å². The molecule has 0 spiro atoms. The maximum Gasteiger partial charge on any atom is 0.227 e. The summed E-state index contributed by atoms with van der Waals surface area (Å²) in [5.74, 6) is -0.908. The van der Waals surface area contributed by atoms with Crippen LogP contribution in [0.25, 0.3) is 0 Å². The van der Waals surface area contributed by atoms with Gasteiger partial charge in [-0.2, -0.15) is 0 Å². The predicted molar refractivity (Wildman–Crippen MR) is 90.2 cm³/mol. The zero-order chi connectivity index (χ0) is 17.6. The van der Waals surface area contributed by atoms with E-state index in [-0.39, 0.29) is 24.2 Å². The summed E-state index contributed by atoms with van der Waals surface area (Å²) in [5, 5.41) is 0. The molecule has 0 N–H and O–H groups in total. The molecule has 1 aromatic carbocycles. The van der Waals surface area contributed by atoms with Crippen LogP contribution >= 0.6 is 0 Å². The van der Waals surface area contributed by atoms with Crippen LogP contribution in [0, 0.1) is 11.6 Å². The minimum absolute atomic E-state index is 0.0197. The van der Waals surface area contributed by atoms with E-state index in [1.165, 1.54) is 18.2 Å². The number of aromatic nitrogens is 1. The lowest BCUT2D eigenvalue weighted by molar-refractivity contribution is -0.119. The molecule has 0 saturated carbocycles. The average molecular weight is 346 g/mol. The van der Waals surface area contributed by atoms with Gasteiger partial charge in [0, 0.05) is 37.6 Å². The van der Waals surface area contributed by atoms with Crippen molar-refractivity contribution in [3.05, 3.63) is 59.9 Å². The molecule has 6 heteroatoms. The zero-order valence-electron chi connectivity index (χ0n) is 13.8. The van der Waals surface area contributed by atoms with E-state index < -0.39 is 5.82 Å². The van der Waals surface area contributed by atoms with Crippen molar-refractivity contribution in [1.82, 2.24) is 4.98 Å². The lowest BCUT2D eigenvalue weighted by atomic mass is 10.0. The molecular formula is C19H20F2N2O2. The first kappa shape index (κ1) is 17.5. The van der Waals surface area contributed by atoms with E-state index in [0.717, 1.165) is 6.20 Å². The van der Waals surface area contributed by atoms with E-state index >= 15 is 0 Å². The lowest BCUT2D eigenvalue weighted by Crippen LogP contribution is -2.43. The molecule has 1 aliphatic rings. The molecule has 1 saturated heterocycles. The second-order valence-corrected chi connectivity index (χ2v) is 6.10. The third-order valence-corrected chi connectivity index (χ3v) is 4.30. The quantitative estimate of drug-likeness (QED) is 0.832. The topological polar surface area (TPSA) is 42.4 Å². The van der Waals surface area contributed by atoms with E-state index in [0.29, 0.717) is 43.7 Å². The van der Waals surface area contributed by atoms with Crippen molar-refractivity contribution in [2.75, 3.05) is 18.1 Å². The Morgan fingerprint density at radius 1 is 1.16 bits per heavy atom. The second kappa shape index (κ2) is 8.16. The molecule has 0 aliphatic carbocycles. The second-order valence-electron chi connectivity index (χ2n) is 6.10. The van der Waals surface area contributed by atoms with E-state index in [1.54, 1.807) is 23.2 Å². The number of hydrogen-bond donors (Lipinski definition) is 0. The highest BCUT2D eigenvalue weighted by molar-refractivity contribution is 5.94. The van der Waals surface area contributed by atoms with E-state index in [2.05, 4.69) is 4.98 Å². The summed E-state index contributed by atoms with van der Waals surface area (Å²) in [6.07, 6.45) is 4.70. The van der Waals surface area contributed by atoms with E-state index in [4.69, 9.17) is 4.74 Å². The first-order valence-corrected chi connectivity index (χ1v) is 8.38. The summed E-state index contributed by atoms with van der Waals surface area (Å²) >= 11 is 0. The molecule has 1 aliphatic heterocycles. The SMILES string of the molecule is O=C(CCc1cncc(F)c1)N(c1cccc(F)c1)C1CCOCC1. The fourth-order valence-electron chi connectivity index (χ4n) is 3.09. The maximum absolute atomic E-state index is 13.6. The van der Waals surface area contributed by atoms with Crippen molar-refractivity contribution in [2.24, 2.45) is 0 Å². The predicted octanol–water partition coefficient (Wildman–Crippen LogP) is 3.50. The van der Waals surface area contributed by atoms with Crippen LogP contribution in [-0.2, 0) is 16.0 Å². The molecule has 132 valence electrons. The fraction of sp³-hybridized carbons (Fsp3) is 0.368. The molecule has 2 aromatic rings. The smallest absolute Gasteiger partial charge is 0.227 e. The monoisotopic (exact) mass is 346 g/mol. The van der Waals surface area contributed by atoms with Gasteiger partial charge >= 0.3 is 0 Å². The Morgan fingerprint density at radius 2 is 1.96 bits per heavy atom. The van der Waals surface area contributed by atoms with Crippen LogP contribution in [0.2, 0.25) is 0 Å². The third-order valence-electron chi connectivity index (χ3n) is 4.30. The highest BCUT2D eigenvalue weighted by Gasteiger charge is 2.27. The van der Waals surface area contributed by atoms with Crippen LogP contribution in [0.1, 0.15) is 24.8 Å². The number of carbonyl (C=O) groups excluding carboxylic acids is 1. The van der Waals surface area contributed by atoms with Crippen molar-refractivity contribution in [2.45, 2.75) is 31.7 Å². The van der Waals surface area contributed by atoms with Gasteiger partial charge in [0.1, 0.15) is 11.6 Å². The van der Waals surface area contributed by atoms with Gasteiger partial charge in [0.15, 0.2) is 0 Å². The minimum atomic E-state index is -0.420. The van der Waals surface area contributed by atoms with Crippen LogP contribution in [0.4, 0.5) is 14.5 Å². The van der Waals surface area contributed by atoms with Crippen molar-refractivity contribution in [3.8, 4) is 0 Å². The molecule has 0 unspecified atom stereocenters. The van der Waals surface area contributed by atoms with Gasteiger partial charge in [-0.15, -0.1) is 0 Å². The molecule has 4 nitrogen and oxygen atoms in total. The highest BCUT2D eigenvalue weighted by Crippen LogP contribution is 2.25. The van der Waals surface area contributed by atoms with Gasteiger partial charge in [-0.25, -0.2) is 8.78 Å². The van der Waals surface area contributed by atoms with Crippen molar-refractivity contribution in [3.63, 3.8) is 0 Å². The Labute approximate surface area is 145 Å². The van der Waals surface area contributed by atoms with E-state index in [9.17, 15) is 13.6 Å². The first-order chi connectivity index (χ1) is 12.1. The third kappa shape index (κ3) is 4.60. The summed E-state index contributed by atoms with van der Waals surface area (Å²) in [6.45, 7) is 1.16. The van der Waals surface area contributed by atoms with Gasteiger partial charge in [0.2, 0.25) is 5.91 Å². The molecule has 1 amide bonds. The van der Waals surface area contributed by atoms with Crippen molar-refractivity contribution >= 4 is 11.6 Å². The Kier molecular flexibility index (Phi) is 5.71. The van der Waals surface area contributed by atoms with Crippen LogP contribution in [0.5, 0.6) is 0 Å². The number of pyridine rings is 1. The molecule has 1 fully saturated rings. The summed E-state index contributed by atoms with van der Waals surface area (Å²) < 4.78 is 32.2. The van der Waals surface area contributed by atoms with Gasteiger partial charge in [-0.05, 0) is 49.1 Å². The molecular weight excluding hydrogens is 326 g/mol. The molecule has 0 bridgehead atoms. The summed E-state index contributed by atoms with van der Waals surface area (Å²) in [6, 6.07) is 7.42. The Hall–Kier alpha value is -2.34. The fourth-order valence-corrected chi connectivity index (χ4v) is 3.09. The Balaban J connectivity index is 1.76. The van der Waals surface area contributed by atoms with Gasteiger partial charge in [-0.3, -0.25) is 9.78 Å². The van der Waals surface area contributed by atoms with E-state index in [1.807, 2.05) is 0 Å². The number of aryl methyl sites for hydroxylation is 1. The molecule has 3 rings (SSSR count). The number of halogens is 2. The van der Waals surface area contributed by atoms with Gasteiger partial charge in [0.05, 0.1) is 6.20 Å². The largest absolute Gasteiger partial charge is 0.381 e. The number of rotatable bonds is 5. The van der Waals surface area contributed by atoms with Gasteiger partial charge in [-0.1, -0.05) is 6.07 Å². The molecule has 0 atom stereocenters. The number of benzene rings is 1. The van der Waals surface area contributed by atoms with Crippen molar-refractivity contribution in [1.29, 1.82) is 0 Å². The summed E-state index contributed by atoms with van der Waals surface area (Å²) in [7, 11) is 0. The highest BCUT2D eigenvalue weighted by atomic mass is 19.1. The number of anilines is 1.